The molecule has 7 heteroatoms. The van der Waals surface area contributed by atoms with Gasteiger partial charge in [0.2, 0.25) is 0 Å². The minimum Gasteiger partial charge on any atom is -0.369 e. The molecule has 1 unspecified atom stereocenters. The van der Waals surface area contributed by atoms with Gasteiger partial charge in [0, 0.05) is 44.8 Å². The molecule has 1 atom stereocenters. The van der Waals surface area contributed by atoms with E-state index in [1.54, 1.807) is 12.4 Å². The number of hydrogen-bond acceptors (Lipinski definition) is 6. The highest BCUT2D eigenvalue weighted by Crippen LogP contribution is 2.25. The second kappa shape index (κ2) is 6.60. The molecule has 120 valence electrons. The van der Waals surface area contributed by atoms with Crippen molar-refractivity contribution in [1.29, 1.82) is 0 Å². The van der Waals surface area contributed by atoms with Gasteiger partial charge in [-0.05, 0) is 31.0 Å². The van der Waals surface area contributed by atoms with Crippen molar-refractivity contribution in [2.45, 2.75) is 18.9 Å². The zero-order chi connectivity index (χ0) is 16.2. The number of anilines is 2. The highest BCUT2D eigenvalue weighted by molar-refractivity contribution is 5.98. The van der Waals surface area contributed by atoms with Crippen LogP contribution in [0.1, 0.15) is 23.2 Å². The molecule has 0 aromatic carbocycles. The van der Waals surface area contributed by atoms with Crippen molar-refractivity contribution >= 4 is 17.4 Å². The van der Waals surface area contributed by atoms with E-state index in [1.807, 2.05) is 25.2 Å². The van der Waals surface area contributed by atoms with E-state index in [0.29, 0.717) is 5.56 Å². The first-order valence-electron chi connectivity index (χ1n) is 7.66. The van der Waals surface area contributed by atoms with Gasteiger partial charge < -0.3 is 15.5 Å². The monoisotopic (exact) mass is 312 g/mol. The number of likely N-dealkylation sites (N-methyl/N-ethyl adjacent to an activating group) is 1. The zero-order valence-corrected chi connectivity index (χ0v) is 13.1. The minimum absolute atomic E-state index is 0.270. The number of aromatic nitrogens is 3. The van der Waals surface area contributed by atoms with Crippen LogP contribution >= 0.6 is 0 Å². The van der Waals surface area contributed by atoms with Crippen LogP contribution in [0, 0.1) is 0 Å². The summed E-state index contributed by atoms with van der Waals surface area (Å²) in [6.45, 7) is 1.79. The van der Waals surface area contributed by atoms with Gasteiger partial charge in [0.1, 0.15) is 0 Å². The van der Waals surface area contributed by atoms with Gasteiger partial charge in [-0.25, -0.2) is 0 Å². The van der Waals surface area contributed by atoms with Gasteiger partial charge in [-0.2, -0.15) is 5.10 Å². The molecule has 3 rings (SSSR count). The number of nitrogens with zero attached hydrogens (tertiary/aromatic N) is 5. The summed E-state index contributed by atoms with van der Waals surface area (Å²) in [4.78, 5) is 20.0. The van der Waals surface area contributed by atoms with Gasteiger partial charge in [0.05, 0.1) is 11.3 Å². The average molecular weight is 312 g/mol. The van der Waals surface area contributed by atoms with Crippen molar-refractivity contribution in [3.05, 3.63) is 42.4 Å². The molecule has 1 amide bonds. The molecule has 1 aliphatic rings. The van der Waals surface area contributed by atoms with Crippen LogP contribution in [0.25, 0.3) is 0 Å². The van der Waals surface area contributed by atoms with Gasteiger partial charge in [-0.1, -0.05) is 0 Å². The standard InChI is InChI=1S/C16H20N6O/c1-21(14-6-8-18-10-13(14)16(17)23)12-4-3-9-22(11-12)15-5-2-7-19-20-15/h2,5-8,10,12H,3-4,9,11H2,1H3,(H2,17,23). The number of piperidine rings is 1. The Morgan fingerprint density at radius 3 is 3.00 bits per heavy atom. The lowest BCUT2D eigenvalue weighted by molar-refractivity contribution is 0.100. The summed E-state index contributed by atoms with van der Waals surface area (Å²) in [5.41, 5.74) is 6.73. The number of nitrogens with two attached hydrogens (primary N) is 1. The molecule has 3 heterocycles. The van der Waals surface area contributed by atoms with Crippen LogP contribution in [0.2, 0.25) is 0 Å². The van der Waals surface area contributed by atoms with E-state index in [2.05, 4.69) is 25.0 Å². The fourth-order valence-corrected chi connectivity index (χ4v) is 3.02. The maximum Gasteiger partial charge on any atom is 0.252 e. The molecule has 7 nitrogen and oxygen atoms in total. The van der Waals surface area contributed by atoms with Gasteiger partial charge in [0.15, 0.2) is 5.82 Å². The SMILES string of the molecule is CN(c1ccncc1C(N)=O)C1CCCN(c2cccnn2)C1. The Kier molecular flexibility index (Phi) is 4.36. The fraction of sp³-hybridized carbons (Fsp3) is 0.375. The van der Waals surface area contributed by atoms with Crippen molar-refractivity contribution in [2.75, 3.05) is 29.9 Å². The lowest BCUT2D eigenvalue weighted by Crippen LogP contribution is -2.47. The lowest BCUT2D eigenvalue weighted by Gasteiger charge is -2.39. The van der Waals surface area contributed by atoms with E-state index in [9.17, 15) is 4.79 Å². The molecule has 0 saturated carbocycles. The Morgan fingerprint density at radius 1 is 1.39 bits per heavy atom. The van der Waals surface area contributed by atoms with E-state index >= 15 is 0 Å². The number of carbonyl (C=O) groups is 1. The van der Waals surface area contributed by atoms with Crippen LogP contribution in [0.4, 0.5) is 11.5 Å². The second-order valence-corrected chi connectivity index (χ2v) is 5.69. The highest BCUT2D eigenvalue weighted by Gasteiger charge is 2.26. The summed E-state index contributed by atoms with van der Waals surface area (Å²) in [7, 11) is 1.99. The largest absolute Gasteiger partial charge is 0.369 e. The highest BCUT2D eigenvalue weighted by atomic mass is 16.1. The van der Waals surface area contributed by atoms with Crippen LogP contribution in [-0.4, -0.2) is 47.3 Å². The summed E-state index contributed by atoms with van der Waals surface area (Å²) in [5, 5.41) is 8.14. The van der Waals surface area contributed by atoms with Crippen LogP contribution in [0.15, 0.2) is 36.8 Å². The van der Waals surface area contributed by atoms with E-state index < -0.39 is 5.91 Å². The maximum atomic E-state index is 11.6. The van der Waals surface area contributed by atoms with Crippen molar-refractivity contribution in [3.63, 3.8) is 0 Å². The predicted molar refractivity (Wildman–Crippen MR) is 88.4 cm³/mol. The van der Waals surface area contributed by atoms with Crippen LogP contribution < -0.4 is 15.5 Å². The molecule has 0 bridgehead atoms. The third-order valence-electron chi connectivity index (χ3n) is 4.27. The maximum absolute atomic E-state index is 11.6. The quantitative estimate of drug-likeness (QED) is 0.908. The molecule has 0 aliphatic carbocycles. The predicted octanol–water partition coefficient (Wildman–Crippen LogP) is 1.08. The normalized spacial score (nSPS) is 17.8. The Labute approximate surface area is 135 Å². The molecule has 2 N–H and O–H groups in total. The average Bonchev–Trinajstić information content (AvgIpc) is 2.62. The zero-order valence-electron chi connectivity index (χ0n) is 13.1. The van der Waals surface area contributed by atoms with Crippen molar-refractivity contribution in [1.82, 2.24) is 15.2 Å². The minimum atomic E-state index is -0.457. The molecule has 2 aromatic rings. The molecule has 23 heavy (non-hydrogen) atoms. The topological polar surface area (TPSA) is 88.2 Å². The van der Waals surface area contributed by atoms with E-state index in [-0.39, 0.29) is 6.04 Å². The molecule has 0 radical (unpaired) electrons. The summed E-state index contributed by atoms with van der Waals surface area (Å²) in [6, 6.07) is 5.97. The Hall–Kier alpha value is -2.70. The summed E-state index contributed by atoms with van der Waals surface area (Å²) in [5.74, 6) is 0.428. The molecule has 0 spiro atoms. The second-order valence-electron chi connectivity index (χ2n) is 5.69. The van der Waals surface area contributed by atoms with Crippen molar-refractivity contribution < 1.29 is 4.79 Å². The Balaban J connectivity index is 1.80. The van der Waals surface area contributed by atoms with Gasteiger partial charge in [-0.3, -0.25) is 9.78 Å². The van der Waals surface area contributed by atoms with Crippen LogP contribution in [-0.2, 0) is 0 Å². The number of amides is 1. The molecule has 2 aromatic heterocycles. The van der Waals surface area contributed by atoms with E-state index in [0.717, 1.165) is 37.4 Å². The first-order chi connectivity index (χ1) is 11.2. The van der Waals surface area contributed by atoms with Gasteiger partial charge >= 0.3 is 0 Å². The first-order valence-corrected chi connectivity index (χ1v) is 7.66. The first kappa shape index (κ1) is 15.2. The number of rotatable bonds is 4. The number of pyridine rings is 1. The van der Waals surface area contributed by atoms with E-state index in [1.165, 1.54) is 6.20 Å². The number of carbonyl (C=O) groups excluding carboxylic acids is 1. The Bertz CT molecular complexity index is 677. The summed E-state index contributed by atoms with van der Waals surface area (Å²) >= 11 is 0. The Morgan fingerprint density at radius 2 is 2.26 bits per heavy atom. The molecule has 1 saturated heterocycles. The van der Waals surface area contributed by atoms with Crippen molar-refractivity contribution in [2.24, 2.45) is 5.73 Å². The molecular weight excluding hydrogens is 292 g/mol. The molecule has 1 fully saturated rings. The molecular formula is C16H20N6O. The number of hydrogen-bond donors (Lipinski definition) is 1. The summed E-state index contributed by atoms with van der Waals surface area (Å²) in [6.07, 6.45) is 6.99. The van der Waals surface area contributed by atoms with Crippen molar-refractivity contribution in [3.8, 4) is 0 Å². The lowest BCUT2D eigenvalue weighted by atomic mass is 10.0. The van der Waals surface area contributed by atoms with Gasteiger partial charge in [0.25, 0.3) is 5.91 Å². The van der Waals surface area contributed by atoms with Gasteiger partial charge in [-0.15, -0.1) is 5.10 Å². The van der Waals surface area contributed by atoms with Crippen LogP contribution in [0.3, 0.4) is 0 Å². The third-order valence-corrected chi connectivity index (χ3v) is 4.27. The summed E-state index contributed by atoms with van der Waals surface area (Å²) < 4.78 is 0. The fourth-order valence-electron chi connectivity index (χ4n) is 3.02. The number of primary amides is 1. The third kappa shape index (κ3) is 3.23. The molecule has 1 aliphatic heterocycles. The van der Waals surface area contributed by atoms with Crippen LogP contribution in [0.5, 0.6) is 0 Å². The smallest absolute Gasteiger partial charge is 0.252 e. The van der Waals surface area contributed by atoms with E-state index in [4.69, 9.17) is 5.73 Å².